The zero-order valence-corrected chi connectivity index (χ0v) is 14.5. The molecule has 118 valence electrons. The lowest BCUT2D eigenvalue weighted by molar-refractivity contribution is -0.133. The molecule has 0 aliphatic carbocycles. The number of thiophene rings is 1. The standard InChI is InChI=1S/C12H18ClN3O3S2/c1-8-6-10(20-11(8)13)21(18,19)16-5-4-14-7-9(16)12(17)15(2)3/h6,9,14H,4-5,7H2,1-3H3. The minimum Gasteiger partial charge on any atom is -0.347 e. The van der Waals surface area contributed by atoms with Crippen molar-refractivity contribution >= 4 is 38.9 Å². The first-order chi connectivity index (χ1) is 9.75. The number of carbonyl (C=O) groups excluding carboxylic acids is 1. The van der Waals surface area contributed by atoms with Gasteiger partial charge < -0.3 is 10.2 Å². The lowest BCUT2D eigenvalue weighted by atomic mass is 10.2. The van der Waals surface area contributed by atoms with Crippen LogP contribution in [0.5, 0.6) is 0 Å². The second-order valence-electron chi connectivity index (χ2n) is 5.09. The van der Waals surface area contributed by atoms with Gasteiger partial charge in [0.2, 0.25) is 5.91 Å². The molecule has 2 heterocycles. The summed E-state index contributed by atoms with van der Waals surface area (Å²) in [5.74, 6) is -0.231. The minimum absolute atomic E-state index is 0.184. The molecule has 1 aromatic heterocycles. The van der Waals surface area contributed by atoms with Gasteiger partial charge in [-0.15, -0.1) is 11.3 Å². The predicted molar refractivity (Wildman–Crippen MR) is 83.3 cm³/mol. The predicted octanol–water partition coefficient (Wildman–Crippen LogP) is 0.761. The zero-order valence-electron chi connectivity index (χ0n) is 12.1. The van der Waals surface area contributed by atoms with E-state index in [1.54, 1.807) is 27.1 Å². The molecule has 1 aromatic rings. The van der Waals surface area contributed by atoms with Crippen LogP contribution in [0.2, 0.25) is 4.34 Å². The van der Waals surface area contributed by atoms with Crippen molar-refractivity contribution in [3.05, 3.63) is 16.0 Å². The summed E-state index contributed by atoms with van der Waals surface area (Å²) in [7, 11) is -0.474. The quantitative estimate of drug-likeness (QED) is 0.873. The van der Waals surface area contributed by atoms with Gasteiger partial charge in [-0.2, -0.15) is 4.31 Å². The van der Waals surface area contributed by atoms with Gasteiger partial charge in [0.15, 0.2) is 0 Å². The van der Waals surface area contributed by atoms with Crippen LogP contribution in [0.1, 0.15) is 5.56 Å². The summed E-state index contributed by atoms with van der Waals surface area (Å²) >= 11 is 7.00. The monoisotopic (exact) mass is 351 g/mol. The molecule has 21 heavy (non-hydrogen) atoms. The van der Waals surface area contributed by atoms with Crippen molar-refractivity contribution in [1.82, 2.24) is 14.5 Å². The second-order valence-corrected chi connectivity index (χ2v) is 8.86. The van der Waals surface area contributed by atoms with Gasteiger partial charge in [-0.1, -0.05) is 11.6 Å². The summed E-state index contributed by atoms with van der Waals surface area (Å²) in [6.45, 7) is 2.86. The lowest BCUT2D eigenvalue weighted by Crippen LogP contribution is -2.59. The summed E-state index contributed by atoms with van der Waals surface area (Å²) < 4.78 is 27.5. The molecule has 1 unspecified atom stereocenters. The Kier molecular flexibility index (Phi) is 4.94. The van der Waals surface area contributed by atoms with Crippen molar-refractivity contribution in [2.45, 2.75) is 17.2 Å². The highest BCUT2D eigenvalue weighted by Crippen LogP contribution is 2.33. The molecule has 0 bridgehead atoms. The fraction of sp³-hybridized carbons (Fsp3) is 0.583. The number of nitrogens with one attached hydrogen (secondary N) is 1. The molecule has 9 heteroatoms. The smallest absolute Gasteiger partial charge is 0.253 e. The number of hydrogen-bond donors (Lipinski definition) is 1. The third-order valence-corrected chi connectivity index (χ3v) is 7.23. The van der Waals surface area contributed by atoms with Crippen LogP contribution in [-0.2, 0) is 14.8 Å². The average molecular weight is 352 g/mol. The van der Waals surface area contributed by atoms with Crippen LogP contribution in [0.4, 0.5) is 0 Å². The third kappa shape index (κ3) is 3.24. The number of amides is 1. The molecular weight excluding hydrogens is 334 g/mol. The van der Waals surface area contributed by atoms with Crippen LogP contribution >= 0.6 is 22.9 Å². The van der Waals surface area contributed by atoms with E-state index in [1.807, 2.05) is 0 Å². The molecule has 1 saturated heterocycles. The lowest BCUT2D eigenvalue weighted by Gasteiger charge is -2.35. The van der Waals surface area contributed by atoms with E-state index in [1.165, 1.54) is 9.21 Å². The molecule has 1 aliphatic rings. The van der Waals surface area contributed by atoms with E-state index in [4.69, 9.17) is 11.6 Å². The van der Waals surface area contributed by atoms with Crippen LogP contribution in [0, 0.1) is 6.92 Å². The van der Waals surface area contributed by atoms with Crippen molar-refractivity contribution < 1.29 is 13.2 Å². The molecule has 0 aromatic carbocycles. The van der Waals surface area contributed by atoms with Gasteiger partial charge in [0.1, 0.15) is 10.3 Å². The van der Waals surface area contributed by atoms with Crippen molar-refractivity contribution in [2.75, 3.05) is 33.7 Å². The number of likely N-dealkylation sites (N-methyl/N-ethyl adjacent to an activating group) is 1. The summed E-state index contributed by atoms with van der Waals surface area (Å²) in [5.41, 5.74) is 0.728. The van der Waals surface area contributed by atoms with Gasteiger partial charge >= 0.3 is 0 Å². The second kappa shape index (κ2) is 6.21. The minimum atomic E-state index is -3.71. The number of halogens is 1. The number of carbonyl (C=O) groups is 1. The van der Waals surface area contributed by atoms with Crippen LogP contribution in [0.25, 0.3) is 0 Å². The Balaban J connectivity index is 2.38. The van der Waals surface area contributed by atoms with Crippen LogP contribution < -0.4 is 5.32 Å². The number of piperazine rings is 1. The number of aryl methyl sites for hydroxylation is 1. The van der Waals surface area contributed by atoms with E-state index in [0.29, 0.717) is 17.4 Å². The van der Waals surface area contributed by atoms with E-state index in [0.717, 1.165) is 16.9 Å². The number of nitrogens with zero attached hydrogens (tertiary/aromatic N) is 2. The number of sulfonamides is 1. The Morgan fingerprint density at radius 1 is 1.52 bits per heavy atom. The first-order valence-electron chi connectivity index (χ1n) is 6.45. The Morgan fingerprint density at radius 3 is 2.71 bits per heavy atom. The molecule has 1 N–H and O–H groups in total. The molecule has 0 spiro atoms. The molecule has 6 nitrogen and oxygen atoms in total. The van der Waals surface area contributed by atoms with Crippen molar-refractivity contribution in [1.29, 1.82) is 0 Å². The molecule has 1 aliphatic heterocycles. The van der Waals surface area contributed by atoms with Gasteiger partial charge in [-0.3, -0.25) is 4.79 Å². The highest BCUT2D eigenvalue weighted by Gasteiger charge is 2.39. The fourth-order valence-corrected chi connectivity index (χ4v) is 5.58. The van der Waals surface area contributed by atoms with Crippen molar-refractivity contribution in [3.63, 3.8) is 0 Å². The van der Waals surface area contributed by atoms with E-state index >= 15 is 0 Å². The topological polar surface area (TPSA) is 69.7 Å². The van der Waals surface area contributed by atoms with Gasteiger partial charge in [0.05, 0.1) is 4.34 Å². The Morgan fingerprint density at radius 2 is 2.19 bits per heavy atom. The summed E-state index contributed by atoms with van der Waals surface area (Å²) in [5, 5.41) is 3.06. The normalized spacial score (nSPS) is 20.5. The Labute approximate surface area is 133 Å². The maximum Gasteiger partial charge on any atom is 0.253 e. The van der Waals surface area contributed by atoms with Crippen LogP contribution in [0.15, 0.2) is 10.3 Å². The molecule has 2 rings (SSSR count). The van der Waals surface area contributed by atoms with E-state index in [-0.39, 0.29) is 16.7 Å². The molecule has 0 radical (unpaired) electrons. The van der Waals surface area contributed by atoms with Gasteiger partial charge in [0.25, 0.3) is 10.0 Å². The molecule has 1 atom stereocenters. The maximum atomic E-state index is 12.8. The number of rotatable bonds is 3. The van der Waals surface area contributed by atoms with Crippen molar-refractivity contribution in [2.24, 2.45) is 0 Å². The first kappa shape index (κ1) is 16.7. The van der Waals surface area contributed by atoms with Gasteiger partial charge in [-0.25, -0.2) is 8.42 Å². The summed E-state index contributed by atoms with van der Waals surface area (Å²) in [4.78, 5) is 13.6. The number of hydrogen-bond acceptors (Lipinski definition) is 5. The Bertz CT molecular complexity index is 623. The Hall–Kier alpha value is -0.670. The van der Waals surface area contributed by atoms with E-state index < -0.39 is 16.1 Å². The molecule has 1 amide bonds. The molecule has 1 fully saturated rings. The highest BCUT2D eigenvalue weighted by atomic mass is 35.5. The SMILES string of the molecule is Cc1cc(S(=O)(=O)N2CCNCC2C(=O)N(C)C)sc1Cl. The fourth-order valence-electron chi connectivity index (χ4n) is 2.16. The summed E-state index contributed by atoms with van der Waals surface area (Å²) in [6, 6.07) is 0.835. The first-order valence-corrected chi connectivity index (χ1v) is 9.08. The maximum absolute atomic E-state index is 12.8. The molecule has 0 saturated carbocycles. The van der Waals surface area contributed by atoms with E-state index in [9.17, 15) is 13.2 Å². The van der Waals surface area contributed by atoms with Crippen LogP contribution in [0.3, 0.4) is 0 Å². The summed E-state index contributed by atoms with van der Waals surface area (Å²) in [6.07, 6.45) is 0. The highest BCUT2D eigenvalue weighted by molar-refractivity contribution is 7.91. The largest absolute Gasteiger partial charge is 0.347 e. The van der Waals surface area contributed by atoms with E-state index in [2.05, 4.69) is 5.32 Å². The molecular formula is C12H18ClN3O3S2. The van der Waals surface area contributed by atoms with Gasteiger partial charge in [-0.05, 0) is 18.6 Å². The third-order valence-electron chi connectivity index (χ3n) is 3.32. The van der Waals surface area contributed by atoms with Crippen LogP contribution in [-0.4, -0.2) is 63.3 Å². The average Bonchev–Trinajstić information content (AvgIpc) is 2.78. The van der Waals surface area contributed by atoms with Crippen molar-refractivity contribution in [3.8, 4) is 0 Å². The van der Waals surface area contributed by atoms with Gasteiger partial charge in [0, 0.05) is 33.7 Å². The zero-order chi connectivity index (χ0) is 15.8.